The summed E-state index contributed by atoms with van der Waals surface area (Å²) < 4.78 is 7.46. The first-order chi connectivity index (χ1) is 12.7. The predicted molar refractivity (Wildman–Crippen MR) is 96.4 cm³/mol. The average molecular weight is 347 g/mol. The van der Waals surface area contributed by atoms with E-state index >= 15 is 0 Å². The Morgan fingerprint density at radius 1 is 1.12 bits per heavy atom. The highest BCUT2D eigenvalue weighted by molar-refractivity contribution is 5.85. The number of nitrogen functional groups attached to an aromatic ring is 1. The van der Waals surface area contributed by atoms with E-state index in [9.17, 15) is 0 Å². The van der Waals surface area contributed by atoms with E-state index in [1.54, 1.807) is 23.3 Å². The quantitative estimate of drug-likeness (QED) is 0.589. The van der Waals surface area contributed by atoms with Crippen LogP contribution in [0.4, 0.5) is 5.82 Å². The van der Waals surface area contributed by atoms with Crippen LogP contribution in [0.25, 0.3) is 11.0 Å². The third-order valence-electron chi connectivity index (χ3n) is 3.87. The summed E-state index contributed by atoms with van der Waals surface area (Å²) >= 11 is 0. The molecule has 4 rings (SSSR count). The Balaban J connectivity index is 1.61. The number of hydrogen-bond donors (Lipinski definition) is 1. The lowest BCUT2D eigenvalue weighted by atomic mass is 10.2. The van der Waals surface area contributed by atoms with Crippen LogP contribution in [0.5, 0.6) is 6.01 Å². The monoisotopic (exact) mass is 347 g/mol. The van der Waals surface area contributed by atoms with Crippen LogP contribution in [-0.4, -0.2) is 29.7 Å². The molecular weight excluding hydrogens is 330 g/mol. The van der Waals surface area contributed by atoms with Gasteiger partial charge in [-0.05, 0) is 36.8 Å². The summed E-state index contributed by atoms with van der Waals surface area (Å²) in [6.45, 7) is 2.76. The van der Waals surface area contributed by atoms with Gasteiger partial charge < -0.3 is 10.5 Å². The van der Waals surface area contributed by atoms with E-state index in [1.165, 1.54) is 0 Å². The molecule has 2 N–H and O–H groups in total. The maximum atomic E-state index is 6.05. The molecule has 8 heteroatoms. The van der Waals surface area contributed by atoms with Gasteiger partial charge in [0.25, 0.3) is 0 Å². The molecule has 0 radical (unpaired) electrons. The molecule has 0 fully saturated rings. The van der Waals surface area contributed by atoms with Crippen molar-refractivity contribution in [2.45, 2.75) is 20.1 Å². The minimum atomic E-state index is 0.215. The van der Waals surface area contributed by atoms with E-state index in [4.69, 9.17) is 10.5 Å². The number of hydrogen-bond acceptors (Lipinski definition) is 7. The maximum Gasteiger partial charge on any atom is 0.320 e. The molecule has 0 unspecified atom stereocenters. The molecule has 8 nitrogen and oxygen atoms in total. The van der Waals surface area contributed by atoms with Crippen LogP contribution >= 0.6 is 0 Å². The molecular formula is C18H17N7O. The average Bonchev–Trinajstić information content (AvgIpc) is 3.04. The molecule has 26 heavy (non-hydrogen) atoms. The number of pyridine rings is 2. The number of rotatable bonds is 5. The Morgan fingerprint density at radius 2 is 2.04 bits per heavy atom. The summed E-state index contributed by atoms with van der Waals surface area (Å²) in [5.74, 6) is 0.336. The van der Waals surface area contributed by atoms with Crippen molar-refractivity contribution in [1.29, 1.82) is 0 Å². The Hall–Kier alpha value is -3.55. The fourth-order valence-electron chi connectivity index (χ4n) is 2.62. The minimum absolute atomic E-state index is 0.215. The molecule has 4 aromatic rings. The van der Waals surface area contributed by atoms with Crippen molar-refractivity contribution < 1.29 is 4.74 Å². The standard InChI is InChI=1S/C18H17N7O/c1-12-8-13(5-7-20-12)11-26-18-23-16(19)15-9-22-25(17(15)24-18)10-14-4-2-3-6-21-14/h2-9H,10-11H2,1H3,(H2,19,23,24). The van der Waals surface area contributed by atoms with Gasteiger partial charge in [0.05, 0.1) is 23.8 Å². The molecule has 0 atom stereocenters. The number of aryl methyl sites for hydroxylation is 1. The topological polar surface area (TPSA) is 105 Å². The summed E-state index contributed by atoms with van der Waals surface area (Å²) in [6.07, 6.45) is 5.15. The number of aromatic nitrogens is 6. The van der Waals surface area contributed by atoms with Gasteiger partial charge in [0.1, 0.15) is 12.4 Å². The highest BCUT2D eigenvalue weighted by Gasteiger charge is 2.12. The molecule has 0 bridgehead atoms. The second kappa shape index (κ2) is 6.75. The molecule has 0 amide bonds. The molecule has 0 aliphatic heterocycles. The molecule has 0 aliphatic rings. The lowest BCUT2D eigenvalue weighted by Gasteiger charge is -2.07. The van der Waals surface area contributed by atoms with Gasteiger partial charge in [0.15, 0.2) is 5.65 Å². The summed E-state index contributed by atoms with van der Waals surface area (Å²) in [5.41, 5.74) is 9.45. The van der Waals surface area contributed by atoms with Crippen molar-refractivity contribution in [2.24, 2.45) is 0 Å². The lowest BCUT2D eigenvalue weighted by Crippen LogP contribution is -2.07. The summed E-state index contributed by atoms with van der Waals surface area (Å²) in [4.78, 5) is 17.2. The normalized spacial score (nSPS) is 11.0. The summed E-state index contributed by atoms with van der Waals surface area (Å²) in [7, 11) is 0. The van der Waals surface area contributed by atoms with Gasteiger partial charge in [-0.15, -0.1) is 0 Å². The number of nitrogens with zero attached hydrogens (tertiary/aromatic N) is 6. The Bertz CT molecular complexity index is 1050. The molecule has 130 valence electrons. The van der Waals surface area contributed by atoms with Gasteiger partial charge in [-0.3, -0.25) is 9.97 Å². The van der Waals surface area contributed by atoms with Gasteiger partial charge in [0, 0.05) is 18.1 Å². The molecule has 0 saturated heterocycles. The van der Waals surface area contributed by atoms with Gasteiger partial charge in [0.2, 0.25) is 0 Å². The van der Waals surface area contributed by atoms with Crippen molar-refractivity contribution in [1.82, 2.24) is 29.7 Å². The smallest absolute Gasteiger partial charge is 0.320 e. The maximum absolute atomic E-state index is 6.05. The fraction of sp³-hybridized carbons (Fsp3) is 0.167. The van der Waals surface area contributed by atoms with Crippen molar-refractivity contribution in [3.05, 3.63) is 65.9 Å². The number of fused-ring (bicyclic) bond motifs is 1. The lowest BCUT2D eigenvalue weighted by molar-refractivity contribution is 0.282. The fourth-order valence-corrected chi connectivity index (χ4v) is 2.62. The van der Waals surface area contributed by atoms with Crippen LogP contribution in [-0.2, 0) is 13.2 Å². The van der Waals surface area contributed by atoms with Crippen LogP contribution in [0.1, 0.15) is 17.0 Å². The van der Waals surface area contributed by atoms with Crippen LogP contribution in [0.15, 0.2) is 48.9 Å². The van der Waals surface area contributed by atoms with Crippen molar-refractivity contribution in [3.63, 3.8) is 0 Å². The molecule has 0 saturated carbocycles. The molecule has 0 aliphatic carbocycles. The van der Waals surface area contributed by atoms with E-state index in [-0.39, 0.29) is 6.01 Å². The van der Waals surface area contributed by atoms with Crippen molar-refractivity contribution in [3.8, 4) is 6.01 Å². The predicted octanol–water partition coefficient (Wildman–Crippen LogP) is 2.13. The van der Waals surface area contributed by atoms with Crippen LogP contribution in [0, 0.1) is 6.92 Å². The first kappa shape index (κ1) is 15.9. The molecule has 4 heterocycles. The summed E-state index contributed by atoms with van der Waals surface area (Å²) in [5, 5.41) is 5.04. The van der Waals surface area contributed by atoms with E-state index in [0.717, 1.165) is 17.0 Å². The highest BCUT2D eigenvalue weighted by atomic mass is 16.5. The SMILES string of the molecule is Cc1cc(COc2nc(N)c3cnn(Cc4ccccn4)c3n2)ccn1. The largest absolute Gasteiger partial charge is 0.458 e. The second-order valence-corrected chi connectivity index (χ2v) is 5.85. The third kappa shape index (κ3) is 3.30. The summed E-state index contributed by atoms with van der Waals surface area (Å²) in [6, 6.07) is 9.79. The zero-order valence-electron chi connectivity index (χ0n) is 14.2. The van der Waals surface area contributed by atoms with Crippen molar-refractivity contribution in [2.75, 3.05) is 5.73 Å². The zero-order valence-corrected chi connectivity index (χ0v) is 14.2. The number of ether oxygens (including phenoxy) is 1. The Kier molecular flexibility index (Phi) is 4.14. The highest BCUT2D eigenvalue weighted by Crippen LogP contribution is 2.21. The van der Waals surface area contributed by atoms with Crippen LogP contribution in [0.2, 0.25) is 0 Å². The van der Waals surface area contributed by atoms with Crippen LogP contribution < -0.4 is 10.5 Å². The molecule has 4 aromatic heterocycles. The van der Waals surface area contributed by atoms with Crippen LogP contribution in [0.3, 0.4) is 0 Å². The molecule has 0 aromatic carbocycles. The van der Waals surface area contributed by atoms with E-state index < -0.39 is 0 Å². The first-order valence-corrected chi connectivity index (χ1v) is 8.12. The Labute approximate surface area is 149 Å². The third-order valence-corrected chi connectivity index (χ3v) is 3.87. The number of anilines is 1. The molecule has 0 spiro atoms. The van der Waals surface area contributed by atoms with Gasteiger partial charge in [-0.1, -0.05) is 6.07 Å². The van der Waals surface area contributed by atoms with E-state index in [0.29, 0.717) is 30.0 Å². The Morgan fingerprint density at radius 3 is 2.85 bits per heavy atom. The minimum Gasteiger partial charge on any atom is -0.458 e. The van der Waals surface area contributed by atoms with Gasteiger partial charge >= 0.3 is 6.01 Å². The van der Waals surface area contributed by atoms with E-state index in [2.05, 4.69) is 25.0 Å². The first-order valence-electron chi connectivity index (χ1n) is 8.12. The van der Waals surface area contributed by atoms with Crippen molar-refractivity contribution >= 4 is 16.9 Å². The van der Waals surface area contributed by atoms with E-state index in [1.807, 2.05) is 37.3 Å². The second-order valence-electron chi connectivity index (χ2n) is 5.85. The number of nitrogens with two attached hydrogens (primary N) is 1. The van der Waals surface area contributed by atoms with Gasteiger partial charge in [-0.25, -0.2) is 4.68 Å². The van der Waals surface area contributed by atoms with Gasteiger partial charge in [-0.2, -0.15) is 15.1 Å². The zero-order chi connectivity index (χ0) is 17.9.